The van der Waals surface area contributed by atoms with Crippen molar-refractivity contribution in [1.82, 2.24) is 5.32 Å². The predicted octanol–water partition coefficient (Wildman–Crippen LogP) is 8.04. The summed E-state index contributed by atoms with van der Waals surface area (Å²) in [5.41, 5.74) is 4.11. The molecule has 0 aliphatic heterocycles. The number of carboxylic acids is 1. The molecule has 7 nitrogen and oxygen atoms in total. The predicted molar refractivity (Wildman–Crippen MR) is 175 cm³/mol. The van der Waals surface area contributed by atoms with E-state index in [4.69, 9.17) is 9.47 Å². The Morgan fingerprint density at radius 1 is 0.733 bits per heavy atom. The molecule has 0 saturated heterocycles. The molecule has 0 saturated carbocycles. The number of nitrogens with one attached hydrogen (secondary N) is 1. The van der Waals surface area contributed by atoms with Crippen LogP contribution in [0.4, 0.5) is 4.79 Å². The Balaban J connectivity index is 1.55. The molecule has 0 fully saturated rings. The standard InChI is InChI=1S/C38H41NO6/c1-38(2,3)45-36(42)34(24-25-39-37(43)44-26-28-12-6-4-7-13-28)32(31-16-10-11-17-33(31)35(40)41)23-20-27-18-21-30(22-19-27)29-14-8-5-9-15-29/h4-19,21-22,32,34H,20,23-26H2,1-3H3,(H,39,43)(H,40,41). The average molecular weight is 608 g/mol. The van der Waals surface area contributed by atoms with Gasteiger partial charge < -0.3 is 19.9 Å². The third-order valence-electron chi connectivity index (χ3n) is 7.53. The van der Waals surface area contributed by atoms with Gasteiger partial charge in [-0.05, 0) is 79.8 Å². The molecular weight excluding hydrogens is 566 g/mol. The minimum absolute atomic E-state index is 0.125. The van der Waals surface area contributed by atoms with Crippen LogP contribution in [0.15, 0.2) is 109 Å². The van der Waals surface area contributed by atoms with Gasteiger partial charge in [0, 0.05) is 6.54 Å². The van der Waals surface area contributed by atoms with Gasteiger partial charge in [-0.15, -0.1) is 0 Å². The van der Waals surface area contributed by atoms with Crippen LogP contribution in [0.3, 0.4) is 0 Å². The quantitative estimate of drug-likeness (QED) is 0.149. The molecule has 234 valence electrons. The second-order valence-corrected chi connectivity index (χ2v) is 12.0. The Bertz CT molecular complexity index is 1540. The zero-order valence-electron chi connectivity index (χ0n) is 26.1. The molecule has 0 bridgehead atoms. The molecule has 4 aromatic rings. The van der Waals surface area contributed by atoms with Crippen LogP contribution in [0.25, 0.3) is 11.1 Å². The number of rotatable bonds is 13. The van der Waals surface area contributed by atoms with Gasteiger partial charge in [0.1, 0.15) is 12.2 Å². The van der Waals surface area contributed by atoms with E-state index in [1.807, 2.05) is 48.5 Å². The van der Waals surface area contributed by atoms with Crippen molar-refractivity contribution < 1.29 is 29.0 Å². The first-order chi connectivity index (χ1) is 21.6. The molecule has 0 aliphatic rings. The van der Waals surface area contributed by atoms with E-state index in [0.29, 0.717) is 18.4 Å². The van der Waals surface area contributed by atoms with Crippen LogP contribution >= 0.6 is 0 Å². The molecule has 4 aromatic carbocycles. The lowest BCUT2D eigenvalue weighted by atomic mass is 9.78. The lowest BCUT2D eigenvalue weighted by Crippen LogP contribution is -2.35. The number of aryl methyl sites for hydroxylation is 1. The fraction of sp³-hybridized carbons (Fsp3) is 0.289. The topological polar surface area (TPSA) is 102 Å². The Hall–Kier alpha value is -4.91. The molecule has 0 radical (unpaired) electrons. The SMILES string of the molecule is CC(C)(C)OC(=O)C(CCNC(=O)OCc1ccccc1)C(CCc1ccc(-c2ccccc2)cc1)c1ccccc1C(=O)O. The number of alkyl carbamates (subject to hydrolysis) is 1. The van der Waals surface area contributed by atoms with Crippen molar-refractivity contribution >= 4 is 18.0 Å². The van der Waals surface area contributed by atoms with Gasteiger partial charge in [-0.25, -0.2) is 9.59 Å². The Kier molecular flexibility index (Phi) is 11.5. The van der Waals surface area contributed by atoms with Crippen molar-refractivity contribution in [2.75, 3.05) is 6.54 Å². The molecule has 4 rings (SSSR count). The first-order valence-electron chi connectivity index (χ1n) is 15.2. The van der Waals surface area contributed by atoms with Crippen molar-refractivity contribution in [3.8, 4) is 11.1 Å². The van der Waals surface area contributed by atoms with Crippen LogP contribution in [0.2, 0.25) is 0 Å². The molecule has 2 atom stereocenters. The number of hydrogen-bond acceptors (Lipinski definition) is 5. The molecule has 0 heterocycles. The van der Waals surface area contributed by atoms with E-state index in [1.165, 1.54) is 0 Å². The maximum Gasteiger partial charge on any atom is 0.407 e. The summed E-state index contributed by atoms with van der Waals surface area (Å²) in [4.78, 5) is 38.5. The average Bonchev–Trinajstić information content (AvgIpc) is 3.03. The third kappa shape index (κ3) is 10.1. The van der Waals surface area contributed by atoms with Gasteiger partial charge in [0.25, 0.3) is 0 Å². The summed E-state index contributed by atoms with van der Waals surface area (Å²) in [7, 11) is 0. The molecule has 45 heavy (non-hydrogen) atoms. The Labute approximate surface area is 265 Å². The highest BCUT2D eigenvalue weighted by molar-refractivity contribution is 5.90. The zero-order chi connectivity index (χ0) is 32.2. The van der Waals surface area contributed by atoms with Crippen LogP contribution in [-0.2, 0) is 27.3 Å². The van der Waals surface area contributed by atoms with Gasteiger partial charge >= 0.3 is 18.0 Å². The first kappa shape index (κ1) is 33.0. The normalized spacial score (nSPS) is 12.5. The minimum Gasteiger partial charge on any atom is -0.478 e. The van der Waals surface area contributed by atoms with Crippen molar-refractivity contribution in [2.45, 2.75) is 58.2 Å². The van der Waals surface area contributed by atoms with Crippen LogP contribution in [-0.4, -0.2) is 35.3 Å². The molecule has 0 aromatic heterocycles. The second kappa shape index (κ2) is 15.7. The summed E-state index contributed by atoms with van der Waals surface area (Å²) in [6, 6.07) is 34.5. The van der Waals surface area contributed by atoms with Gasteiger partial charge in [0.05, 0.1) is 11.5 Å². The number of carboxylic acid groups (broad SMARTS) is 1. The first-order valence-corrected chi connectivity index (χ1v) is 15.2. The molecule has 0 spiro atoms. The second-order valence-electron chi connectivity index (χ2n) is 12.0. The monoisotopic (exact) mass is 607 g/mol. The van der Waals surface area contributed by atoms with E-state index < -0.39 is 35.5 Å². The minimum atomic E-state index is -1.06. The van der Waals surface area contributed by atoms with Gasteiger partial charge in [-0.2, -0.15) is 0 Å². The number of aromatic carboxylic acids is 1. The van der Waals surface area contributed by atoms with Gasteiger partial charge in [0.15, 0.2) is 0 Å². The summed E-state index contributed by atoms with van der Waals surface area (Å²) >= 11 is 0. The Morgan fingerprint density at radius 2 is 1.33 bits per heavy atom. The van der Waals surface area contributed by atoms with Crippen LogP contribution in [0.1, 0.15) is 66.6 Å². The van der Waals surface area contributed by atoms with E-state index in [2.05, 4.69) is 41.7 Å². The summed E-state index contributed by atoms with van der Waals surface area (Å²) in [5.74, 6) is -2.70. The van der Waals surface area contributed by atoms with Gasteiger partial charge in [-0.3, -0.25) is 4.79 Å². The maximum absolute atomic E-state index is 13.7. The van der Waals surface area contributed by atoms with E-state index in [0.717, 1.165) is 22.3 Å². The van der Waals surface area contributed by atoms with Crippen LogP contribution in [0, 0.1) is 5.92 Å². The third-order valence-corrected chi connectivity index (χ3v) is 7.53. The highest BCUT2D eigenvalue weighted by Crippen LogP contribution is 2.36. The van der Waals surface area contributed by atoms with Crippen molar-refractivity contribution in [2.24, 2.45) is 5.92 Å². The van der Waals surface area contributed by atoms with E-state index in [1.54, 1.807) is 45.0 Å². The molecule has 0 aliphatic carbocycles. The van der Waals surface area contributed by atoms with Gasteiger partial charge in [0.2, 0.25) is 0 Å². The number of carbonyl (C=O) groups excluding carboxylic acids is 2. The molecular formula is C38H41NO6. The lowest BCUT2D eigenvalue weighted by Gasteiger charge is -2.30. The number of ether oxygens (including phenoxy) is 2. The lowest BCUT2D eigenvalue weighted by molar-refractivity contribution is -0.161. The summed E-state index contributed by atoms with van der Waals surface area (Å²) < 4.78 is 11.2. The summed E-state index contributed by atoms with van der Waals surface area (Å²) in [6.07, 6.45) is 0.750. The number of benzene rings is 4. The van der Waals surface area contributed by atoms with Crippen molar-refractivity contribution in [3.05, 3.63) is 131 Å². The molecule has 2 N–H and O–H groups in total. The number of hydrogen-bond donors (Lipinski definition) is 2. The number of esters is 1. The highest BCUT2D eigenvalue weighted by atomic mass is 16.6. The largest absolute Gasteiger partial charge is 0.478 e. The molecule has 1 amide bonds. The fourth-order valence-electron chi connectivity index (χ4n) is 5.37. The zero-order valence-corrected chi connectivity index (χ0v) is 26.1. The van der Waals surface area contributed by atoms with E-state index >= 15 is 0 Å². The fourth-order valence-corrected chi connectivity index (χ4v) is 5.37. The highest BCUT2D eigenvalue weighted by Gasteiger charge is 2.35. The van der Waals surface area contributed by atoms with E-state index in [9.17, 15) is 19.5 Å². The van der Waals surface area contributed by atoms with Crippen molar-refractivity contribution in [3.63, 3.8) is 0 Å². The van der Waals surface area contributed by atoms with Crippen molar-refractivity contribution in [1.29, 1.82) is 0 Å². The van der Waals surface area contributed by atoms with Gasteiger partial charge in [-0.1, -0.05) is 103 Å². The molecule has 7 heteroatoms. The molecule has 2 unspecified atom stereocenters. The van der Waals surface area contributed by atoms with Crippen LogP contribution < -0.4 is 5.32 Å². The number of amides is 1. The summed E-state index contributed by atoms with van der Waals surface area (Å²) in [5, 5.41) is 12.8. The Morgan fingerprint density at radius 3 is 1.98 bits per heavy atom. The number of carbonyl (C=O) groups is 3. The smallest absolute Gasteiger partial charge is 0.407 e. The van der Waals surface area contributed by atoms with E-state index in [-0.39, 0.29) is 25.1 Å². The van der Waals surface area contributed by atoms with Crippen LogP contribution in [0.5, 0.6) is 0 Å². The maximum atomic E-state index is 13.7. The summed E-state index contributed by atoms with van der Waals surface area (Å²) in [6.45, 7) is 5.68.